The van der Waals surface area contributed by atoms with E-state index in [1.54, 1.807) is 13.1 Å². The molecule has 1 aromatic heterocycles. The Balaban J connectivity index is 2.25. The zero-order valence-corrected chi connectivity index (χ0v) is 10.6. The van der Waals surface area contributed by atoms with Gasteiger partial charge in [-0.05, 0) is 32.6 Å². The first-order valence-electron chi connectivity index (χ1n) is 6.38. The summed E-state index contributed by atoms with van der Waals surface area (Å²) in [4.78, 5) is 10.5. The van der Waals surface area contributed by atoms with Crippen molar-refractivity contribution < 1.29 is 5.11 Å². The molecular weight excluding hydrogens is 228 g/mol. The number of hydrogen-bond acceptors (Lipinski definition) is 5. The van der Waals surface area contributed by atoms with Crippen molar-refractivity contribution in [3.8, 4) is 6.07 Å². The number of piperidine rings is 1. The first kappa shape index (κ1) is 12.8. The van der Waals surface area contributed by atoms with E-state index in [4.69, 9.17) is 5.26 Å². The van der Waals surface area contributed by atoms with Crippen LogP contribution in [0.5, 0.6) is 0 Å². The van der Waals surface area contributed by atoms with Gasteiger partial charge in [-0.3, -0.25) is 0 Å². The van der Waals surface area contributed by atoms with Crippen molar-refractivity contribution in [1.82, 2.24) is 9.97 Å². The Bertz CT molecular complexity index is 441. The van der Waals surface area contributed by atoms with Gasteiger partial charge in [-0.2, -0.15) is 5.26 Å². The summed E-state index contributed by atoms with van der Waals surface area (Å²) in [5, 5.41) is 18.7. The number of rotatable bonds is 3. The summed E-state index contributed by atoms with van der Waals surface area (Å²) in [5.74, 6) is 0.658. The summed E-state index contributed by atoms with van der Waals surface area (Å²) in [6, 6.07) is 2.34. The SMILES string of the molecule is CC(O)CC1CCCCN1c1nccnc1C#N. The van der Waals surface area contributed by atoms with E-state index >= 15 is 0 Å². The van der Waals surface area contributed by atoms with Gasteiger partial charge in [0.2, 0.25) is 0 Å². The van der Waals surface area contributed by atoms with Crippen LogP contribution in [0.3, 0.4) is 0 Å². The molecule has 1 aliphatic heterocycles. The maximum absolute atomic E-state index is 9.57. The van der Waals surface area contributed by atoms with Gasteiger partial charge in [-0.15, -0.1) is 0 Å². The second-order valence-corrected chi connectivity index (χ2v) is 4.77. The molecule has 0 saturated carbocycles. The van der Waals surface area contributed by atoms with E-state index in [-0.39, 0.29) is 12.1 Å². The fourth-order valence-corrected chi connectivity index (χ4v) is 2.54. The van der Waals surface area contributed by atoms with E-state index in [9.17, 15) is 5.11 Å². The van der Waals surface area contributed by atoms with Gasteiger partial charge >= 0.3 is 0 Å². The molecule has 0 bridgehead atoms. The molecule has 0 radical (unpaired) electrons. The van der Waals surface area contributed by atoms with Crippen molar-refractivity contribution in [2.24, 2.45) is 0 Å². The van der Waals surface area contributed by atoms with Crippen LogP contribution in [0.15, 0.2) is 12.4 Å². The number of aliphatic hydroxyl groups is 1. The molecule has 1 N–H and O–H groups in total. The van der Waals surface area contributed by atoms with Gasteiger partial charge in [-0.25, -0.2) is 9.97 Å². The second kappa shape index (κ2) is 5.78. The van der Waals surface area contributed by atoms with E-state index in [2.05, 4.69) is 20.9 Å². The molecule has 1 aliphatic rings. The number of anilines is 1. The van der Waals surface area contributed by atoms with Gasteiger partial charge in [0.25, 0.3) is 0 Å². The van der Waals surface area contributed by atoms with Crippen LogP contribution in [-0.4, -0.2) is 33.8 Å². The van der Waals surface area contributed by atoms with E-state index < -0.39 is 0 Å². The quantitative estimate of drug-likeness (QED) is 0.874. The predicted molar refractivity (Wildman–Crippen MR) is 68.0 cm³/mol. The van der Waals surface area contributed by atoms with Crippen molar-refractivity contribution in [3.63, 3.8) is 0 Å². The standard InChI is InChI=1S/C13H18N4O/c1-10(18)8-11-4-2-3-7-17(11)13-12(9-14)15-5-6-16-13/h5-6,10-11,18H,2-4,7-8H2,1H3. The summed E-state index contributed by atoms with van der Waals surface area (Å²) < 4.78 is 0. The molecule has 2 rings (SSSR count). The summed E-state index contributed by atoms with van der Waals surface area (Å²) in [7, 11) is 0. The third kappa shape index (κ3) is 2.77. The van der Waals surface area contributed by atoms with Gasteiger partial charge in [0.1, 0.15) is 6.07 Å². The van der Waals surface area contributed by atoms with Crippen molar-refractivity contribution in [1.29, 1.82) is 5.26 Å². The van der Waals surface area contributed by atoms with Crippen molar-refractivity contribution in [2.45, 2.75) is 44.8 Å². The fraction of sp³-hybridized carbons (Fsp3) is 0.615. The molecule has 1 aromatic rings. The summed E-state index contributed by atoms with van der Waals surface area (Å²) >= 11 is 0. The molecule has 2 unspecified atom stereocenters. The van der Waals surface area contributed by atoms with E-state index in [1.165, 1.54) is 6.20 Å². The highest BCUT2D eigenvalue weighted by molar-refractivity contribution is 5.50. The Labute approximate surface area is 107 Å². The molecule has 0 spiro atoms. The number of nitrogens with zero attached hydrogens (tertiary/aromatic N) is 4. The summed E-state index contributed by atoms with van der Waals surface area (Å²) in [6.45, 7) is 2.68. The second-order valence-electron chi connectivity index (χ2n) is 4.77. The Morgan fingerprint density at radius 1 is 1.50 bits per heavy atom. The van der Waals surface area contributed by atoms with Gasteiger partial charge < -0.3 is 10.0 Å². The minimum atomic E-state index is -0.335. The van der Waals surface area contributed by atoms with Crippen LogP contribution in [0.2, 0.25) is 0 Å². The average molecular weight is 246 g/mol. The van der Waals surface area contributed by atoms with Gasteiger partial charge in [0.05, 0.1) is 6.10 Å². The Morgan fingerprint density at radius 3 is 3.00 bits per heavy atom. The highest BCUT2D eigenvalue weighted by atomic mass is 16.3. The number of aromatic nitrogens is 2. The van der Waals surface area contributed by atoms with Crippen molar-refractivity contribution in [3.05, 3.63) is 18.1 Å². The van der Waals surface area contributed by atoms with Crippen LogP contribution in [0.4, 0.5) is 5.82 Å². The highest BCUT2D eigenvalue weighted by Gasteiger charge is 2.26. The summed E-state index contributed by atoms with van der Waals surface area (Å²) in [6.07, 6.45) is 6.82. The average Bonchev–Trinajstić information content (AvgIpc) is 2.39. The van der Waals surface area contributed by atoms with Crippen LogP contribution in [0.25, 0.3) is 0 Å². The smallest absolute Gasteiger partial charge is 0.183 e. The van der Waals surface area contributed by atoms with E-state index in [1.807, 2.05) is 0 Å². The lowest BCUT2D eigenvalue weighted by Gasteiger charge is -2.37. The van der Waals surface area contributed by atoms with Crippen LogP contribution < -0.4 is 4.90 Å². The minimum Gasteiger partial charge on any atom is -0.393 e. The largest absolute Gasteiger partial charge is 0.393 e. The normalized spacial score (nSPS) is 21.4. The Morgan fingerprint density at radius 2 is 2.28 bits per heavy atom. The lowest BCUT2D eigenvalue weighted by molar-refractivity contribution is 0.167. The Hall–Kier alpha value is -1.67. The topological polar surface area (TPSA) is 73.0 Å². The zero-order chi connectivity index (χ0) is 13.0. The van der Waals surface area contributed by atoms with Crippen LogP contribution in [-0.2, 0) is 0 Å². The maximum atomic E-state index is 9.57. The zero-order valence-electron chi connectivity index (χ0n) is 10.6. The van der Waals surface area contributed by atoms with Crippen molar-refractivity contribution in [2.75, 3.05) is 11.4 Å². The fourth-order valence-electron chi connectivity index (χ4n) is 2.54. The van der Waals surface area contributed by atoms with Gasteiger partial charge in [0, 0.05) is 25.0 Å². The van der Waals surface area contributed by atoms with Crippen LogP contribution in [0, 0.1) is 11.3 Å². The number of hydrogen-bond donors (Lipinski definition) is 1. The molecule has 96 valence electrons. The van der Waals surface area contributed by atoms with E-state index in [0.29, 0.717) is 17.9 Å². The first-order chi connectivity index (χ1) is 8.72. The highest BCUT2D eigenvalue weighted by Crippen LogP contribution is 2.27. The third-order valence-corrected chi connectivity index (χ3v) is 3.30. The van der Waals surface area contributed by atoms with Gasteiger partial charge in [-0.1, -0.05) is 0 Å². The molecule has 2 atom stereocenters. The molecule has 0 aromatic carbocycles. The molecule has 1 saturated heterocycles. The predicted octanol–water partition coefficient (Wildman–Crippen LogP) is 1.48. The van der Waals surface area contributed by atoms with Crippen molar-refractivity contribution >= 4 is 5.82 Å². The third-order valence-electron chi connectivity index (χ3n) is 3.30. The van der Waals surface area contributed by atoms with Gasteiger partial charge in [0.15, 0.2) is 11.5 Å². The number of nitriles is 1. The molecule has 0 amide bonds. The minimum absolute atomic E-state index is 0.252. The molecule has 5 nitrogen and oxygen atoms in total. The molecule has 1 fully saturated rings. The molecule has 0 aliphatic carbocycles. The lowest BCUT2D eigenvalue weighted by Crippen LogP contribution is -2.42. The maximum Gasteiger partial charge on any atom is 0.183 e. The van der Waals surface area contributed by atoms with Crippen LogP contribution >= 0.6 is 0 Å². The first-order valence-corrected chi connectivity index (χ1v) is 6.38. The Kier molecular flexibility index (Phi) is 4.11. The van der Waals surface area contributed by atoms with E-state index in [0.717, 1.165) is 25.8 Å². The monoisotopic (exact) mass is 246 g/mol. The lowest BCUT2D eigenvalue weighted by atomic mass is 9.97. The molecule has 18 heavy (non-hydrogen) atoms. The molecule has 2 heterocycles. The molecule has 5 heteroatoms. The molecular formula is C13H18N4O. The summed E-state index contributed by atoms with van der Waals surface area (Å²) in [5.41, 5.74) is 0.370. The van der Waals surface area contributed by atoms with Crippen LogP contribution in [0.1, 0.15) is 38.3 Å². The number of aliphatic hydroxyl groups excluding tert-OH is 1.